The number of nitrogens with zero attached hydrogens (tertiary/aromatic N) is 2. The van der Waals surface area contributed by atoms with Crippen LogP contribution >= 0.6 is 11.8 Å². The summed E-state index contributed by atoms with van der Waals surface area (Å²) in [6.07, 6.45) is 4.07. The maximum absolute atomic E-state index is 13.4. The quantitative estimate of drug-likeness (QED) is 0.603. The van der Waals surface area contributed by atoms with Gasteiger partial charge in [0, 0.05) is 29.2 Å². The lowest BCUT2D eigenvalue weighted by Gasteiger charge is -2.28. The van der Waals surface area contributed by atoms with Crippen LogP contribution in [0.2, 0.25) is 0 Å². The van der Waals surface area contributed by atoms with E-state index in [-0.39, 0.29) is 23.8 Å². The predicted octanol–water partition coefficient (Wildman–Crippen LogP) is 4.23. The van der Waals surface area contributed by atoms with Crippen molar-refractivity contribution < 1.29 is 14.6 Å². The van der Waals surface area contributed by atoms with E-state index in [0.29, 0.717) is 23.5 Å². The zero-order chi connectivity index (χ0) is 20.7. The van der Waals surface area contributed by atoms with Crippen molar-refractivity contribution in [3.05, 3.63) is 65.4 Å². The van der Waals surface area contributed by atoms with Crippen LogP contribution in [0.25, 0.3) is 11.3 Å². The highest BCUT2D eigenvalue weighted by atomic mass is 32.2. The fourth-order valence-corrected chi connectivity index (χ4v) is 4.81. The average molecular weight is 422 g/mol. The summed E-state index contributed by atoms with van der Waals surface area (Å²) >= 11 is 1.68. The van der Waals surface area contributed by atoms with Gasteiger partial charge in [0.15, 0.2) is 0 Å². The molecule has 0 saturated carbocycles. The monoisotopic (exact) mass is 421 g/mol. The van der Waals surface area contributed by atoms with Crippen LogP contribution in [-0.4, -0.2) is 51.6 Å². The number of amides is 1. The van der Waals surface area contributed by atoms with Gasteiger partial charge in [0.2, 0.25) is 0 Å². The number of aromatic hydroxyl groups is 1. The van der Waals surface area contributed by atoms with Crippen molar-refractivity contribution >= 4 is 17.7 Å². The summed E-state index contributed by atoms with van der Waals surface area (Å²) in [5.74, 6) is 0.0712. The van der Waals surface area contributed by atoms with Gasteiger partial charge in [0.25, 0.3) is 5.91 Å². The van der Waals surface area contributed by atoms with Gasteiger partial charge in [0.05, 0.1) is 12.1 Å². The van der Waals surface area contributed by atoms with Crippen LogP contribution in [-0.2, 0) is 4.74 Å². The molecule has 3 heterocycles. The summed E-state index contributed by atoms with van der Waals surface area (Å²) in [5.41, 5.74) is 3.57. The van der Waals surface area contributed by atoms with E-state index in [1.165, 1.54) is 4.90 Å². The van der Waals surface area contributed by atoms with Gasteiger partial charge in [0.1, 0.15) is 17.1 Å². The SMILES string of the molecule is CSc1ccc([C@@H]2c3c(-c4ccccc4O)n[nH]c3C(=O)N2C[C@@H]2CCCO2)cc1. The van der Waals surface area contributed by atoms with E-state index < -0.39 is 0 Å². The van der Waals surface area contributed by atoms with Crippen molar-refractivity contribution in [1.82, 2.24) is 15.1 Å². The van der Waals surface area contributed by atoms with E-state index in [1.807, 2.05) is 23.3 Å². The summed E-state index contributed by atoms with van der Waals surface area (Å²) in [7, 11) is 0. The van der Waals surface area contributed by atoms with Gasteiger partial charge in [-0.3, -0.25) is 9.89 Å². The van der Waals surface area contributed by atoms with Gasteiger partial charge in [-0.05, 0) is 48.9 Å². The molecule has 0 unspecified atom stereocenters. The molecule has 0 aliphatic carbocycles. The number of para-hydroxylation sites is 1. The lowest BCUT2D eigenvalue weighted by atomic mass is 9.95. The minimum atomic E-state index is -0.277. The molecule has 0 spiro atoms. The van der Waals surface area contributed by atoms with Crippen molar-refractivity contribution in [3.8, 4) is 17.0 Å². The summed E-state index contributed by atoms with van der Waals surface area (Å²) in [6, 6.07) is 15.1. The van der Waals surface area contributed by atoms with Gasteiger partial charge in [-0.2, -0.15) is 5.10 Å². The lowest BCUT2D eigenvalue weighted by molar-refractivity contribution is 0.0495. The Labute approximate surface area is 179 Å². The molecule has 30 heavy (non-hydrogen) atoms. The maximum atomic E-state index is 13.4. The molecule has 0 radical (unpaired) electrons. The van der Waals surface area contributed by atoms with Gasteiger partial charge >= 0.3 is 0 Å². The maximum Gasteiger partial charge on any atom is 0.273 e. The third kappa shape index (κ3) is 3.18. The smallest absolute Gasteiger partial charge is 0.273 e. The Bertz CT molecular complexity index is 1070. The van der Waals surface area contributed by atoms with E-state index >= 15 is 0 Å². The van der Waals surface area contributed by atoms with Gasteiger partial charge in [-0.1, -0.05) is 24.3 Å². The number of hydrogen-bond acceptors (Lipinski definition) is 5. The standard InChI is InChI=1S/C23H23N3O3S/c1-30-16-10-8-14(9-11-16)22-19-20(17-6-2-3-7-18(17)27)24-25-21(19)23(28)26(22)13-15-5-4-12-29-15/h2-3,6-11,15,22,27H,4-5,12-13H2,1H3,(H,24,25)/t15-,22+/m0/s1. The van der Waals surface area contributed by atoms with Crippen molar-refractivity contribution in [1.29, 1.82) is 0 Å². The van der Waals surface area contributed by atoms with Crippen molar-refractivity contribution in [2.45, 2.75) is 29.9 Å². The predicted molar refractivity (Wildman–Crippen MR) is 116 cm³/mol. The Morgan fingerprint density at radius 1 is 1.23 bits per heavy atom. The third-order valence-electron chi connectivity index (χ3n) is 5.88. The summed E-state index contributed by atoms with van der Waals surface area (Å²) in [4.78, 5) is 16.4. The van der Waals surface area contributed by atoms with Gasteiger partial charge < -0.3 is 14.7 Å². The van der Waals surface area contributed by atoms with Crippen LogP contribution in [0.1, 0.15) is 40.5 Å². The second kappa shape index (κ2) is 7.81. The second-order valence-corrected chi connectivity index (χ2v) is 8.53. The minimum absolute atomic E-state index is 0.0486. The molecule has 7 heteroatoms. The number of carbonyl (C=O) groups excluding carboxylic acids is 1. The van der Waals surface area contributed by atoms with E-state index in [1.54, 1.807) is 23.9 Å². The van der Waals surface area contributed by atoms with Crippen molar-refractivity contribution in [3.63, 3.8) is 0 Å². The fraction of sp³-hybridized carbons (Fsp3) is 0.304. The topological polar surface area (TPSA) is 78.5 Å². The number of phenolic OH excluding ortho intramolecular Hbond substituents is 1. The second-order valence-electron chi connectivity index (χ2n) is 7.65. The van der Waals surface area contributed by atoms with Crippen LogP contribution in [0.15, 0.2) is 53.4 Å². The number of aromatic amines is 1. The highest BCUT2D eigenvalue weighted by molar-refractivity contribution is 7.98. The molecule has 1 aromatic heterocycles. The number of hydrogen-bond donors (Lipinski definition) is 2. The lowest BCUT2D eigenvalue weighted by Crippen LogP contribution is -2.36. The van der Waals surface area contributed by atoms with Gasteiger partial charge in [-0.15, -0.1) is 11.8 Å². The number of carbonyl (C=O) groups is 1. The minimum Gasteiger partial charge on any atom is -0.507 e. The van der Waals surface area contributed by atoms with Gasteiger partial charge in [-0.25, -0.2) is 0 Å². The summed E-state index contributed by atoms with van der Waals surface area (Å²) in [6.45, 7) is 1.28. The molecular weight excluding hydrogens is 398 g/mol. The van der Waals surface area contributed by atoms with Crippen molar-refractivity contribution in [2.24, 2.45) is 0 Å². The Morgan fingerprint density at radius 2 is 2.03 bits per heavy atom. The average Bonchev–Trinajstić information content (AvgIpc) is 3.49. The summed E-state index contributed by atoms with van der Waals surface area (Å²) in [5, 5.41) is 17.8. The Hall–Kier alpha value is -2.77. The first-order valence-corrected chi connectivity index (χ1v) is 11.3. The first kappa shape index (κ1) is 19.2. The number of ether oxygens (including phenoxy) is 1. The molecule has 3 aromatic rings. The number of rotatable bonds is 5. The first-order valence-electron chi connectivity index (χ1n) is 10.1. The molecule has 0 bridgehead atoms. The van der Waals surface area contributed by atoms with Crippen LogP contribution in [0.3, 0.4) is 0 Å². The van der Waals surface area contributed by atoms with Crippen LogP contribution in [0.4, 0.5) is 0 Å². The summed E-state index contributed by atoms with van der Waals surface area (Å²) < 4.78 is 5.83. The zero-order valence-electron chi connectivity index (χ0n) is 16.7. The first-order chi connectivity index (χ1) is 14.7. The van der Waals surface area contributed by atoms with Crippen LogP contribution in [0, 0.1) is 0 Å². The molecule has 154 valence electrons. The zero-order valence-corrected chi connectivity index (χ0v) is 17.5. The number of benzene rings is 2. The normalized spacial score (nSPS) is 20.7. The number of H-pyrrole nitrogens is 1. The molecule has 2 N–H and O–H groups in total. The van der Waals surface area contributed by atoms with E-state index in [2.05, 4.69) is 34.5 Å². The molecule has 1 amide bonds. The Balaban J connectivity index is 1.62. The number of aromatic nitrogens is 2. The number of thioether (sulfide) groups is 1. The highest BCUT2D eigenvalue weighted by Gasteiger charge is 2.43. The molecule has 6 nitrogen and oxygen atoms in total. The number of phenols is 1. The molecule has 2 aliphatic heterocycles. The van der Waals surface area contributed by atoms with E-state index in [0.717, 1.165) is 30.6 Å². The highest BCUT2D eigenvalue weighted by Crippen LogP contribution is 2.44. The largest absolute Gasteiger partial charge is 0.507 e. The Morgan fingerprint density at radius 3 is 2.73 bits per heavy atom. The molecular formula is C23H23N3O3S. The van der Waals surface area contributed by atoms with E-state index in [4.69, 9.17) is 4.74 Å². The molecule has 1 saturated heterocycles. The fourth-order valence-electron chi connectivity index (χ4n) is 4.40. The van der Waals surface area contributed by atoms with E-state index in [9.17, 15) is 9.90 Å². The molecule has 2 atom stereocenters. The molecule has 1 fully saturated rings. The number of fused-ring (bicyclic) bond motifs is 1. The third-order valence-corrected chi connectivity index (χ3v) is 6.62. The molecule has 2 aliphatic rings. The molecule has 5 rings (SSSR count). The van der Waals surface area contributed by atoms with Crippen LogP contribution in [0.5, 0.6) is 5.75 Å². The van der Waals surface area contributed by atoms with Crippen LogP contribution < -0.4 is 0 Å². The van der Waals surface area contributed by atoms with Crippen molar-refractivity contribution in [2.75, 3.05) is 19.4 Å². The number of nitrogens with one attached hydrogen (secondary N) is 1. The molecule has 2 aromatic carbocycles. The Kier molecular flexibility index (Phi) is 5.00.